The van der Waals surface area contributed by atoms with E-state index in [4.69, 9.17) is 4.74 Å². The van der Waals surface area contributed by atoms with Crippen molar-refractivity contribution in [1.82, 2.24) is 0 Å². The second-order valence-electron chi connectivity index (χ2n) is 4.58. The second-order valence-corrected chi connectivity index (χ2v) is 4.58. The molecule has 1 aliphatic heterocycles. The van der Waals surface area contributed by atoms with Crippen molar-refractivity contribution in [3.63, 3.8) is 0 Å². The van der Waals surface area contributed by atoms with Gasteiger partial charge in [-0.3, -0.25) is 0 Å². The van der Waals surface area contributed by atoms with Gasteiger partial charge in [0.15, 0.2) is 0 Å². The maximum atomic E-state index is 5.94. The Bertz CT molecular complexity index is 506. The molecule has 1 saturated heterocycles. The van der Waals surface area contributed by atoms with Gasteiger partial charge in [-0.2, -0.15) is 0 Å². The van der Waals surface area contributed by atoms with Crippen molar-refractivity contribution in [2.45, 2.75) is 13.0 Å². The highest BCUT2D eigenvalue weighted by Gasteiger charge is 2.17. The average Bonchev–Trinajstić information content (AvgIpc) is 2.37. The summed E-state index contributed by atoms with van der Waals surface area (Å²) in [5.41, 5.74) is 2.43. The van der Waals surface area contributed by atoms with E-state index in [1.54, 1.807) is 0 Å². The SMILES string of the molecule is c1ccc(COc2ccccc2N2CCC2)cc1. The molecule has 1 heterocycles. The topological polar surface area (TPSA) is 12.5 Å². The van der Waals surface area contributed by atoms with E-state index in [0.717, 1.165) is 18.8 Å². The van der Waals surface area contributed by atoms with Gasteiger partial charge in [0.05, 0.1) is 5.69 Å². The molecule has 2 aromatic carbocycles. The molecule has 0 unspecified atom stereocenters. The van der Waals surface area contributed by atoms with Crippen molar-refractivity contribution < 1.29 is 4.74 Å². The molecular weight excluding hydrogens is 222 g/mol. The van der Waals surface area contributed by atoms with Crippen molar-refractivity contribution in [3.05, 3.63) is 60.2 Å². The molecule has 0 aromatic heterocycles. The zero-order valence-corrected chi connectivity index (χ0v) is 10.4. The molecule has 2 nitrogen and oxygen atoms in total. The van der Waals surface area contributed by atoms with Gasteiger partial charge in [0.1, 0.15) is 12.4 Å². The maximum Gasteiger partial charge on any atom is 0.143 e. The van der Waals surface area contributed by atoms with Crippen LogP contribution in [0.15, 0.2) is 54.6 Å². The minimum Gasteiger partial charge on any atom is -0.487 e. The van der Waals surface area contributed by atoms with Crippen LogP contribution in [-0.4, -0.2) is 13.1 Å². The lowest BCUT2D eigenvalue weighted by Gasteiger charge is -2.34. The molecular formula is C16H17NO. The van der Waals surface area contributed by atoms with E-state index in [1.165, 1.54) is 17.7 Å². The van der Waals surface area contributed by atoms with Crippen LogP contribution in [0.3, 0.4) is 0 Å². The molecule has 0 spiro atoms. The number of ether oxygens (including phenoxy) is 1. The molecule has 1 fully saturated rings. The normalized spacial score (nSPS) is 14.1. The molecule has 0 saturated carbocycles. The van der Waals surface area contributed by atoms with Gasteiger partial charge >= 0.3 is 0 Å². The Hall–Kier alpha value is -1.96. The quantitative estimate of drug-likeness (QED) is 0.810. The third-order valence-electron chi connectivity index (χ3n) is 3.30. The fraction of sp³-hybridized carbons (Fsp3) is 0.250. The van der Waals surface area contributed by atoms with E-state index in [0.29, 0.717) is 6.61 Å². The van der Waals surface area contributed by atoms with E-state index in [2.05, 4.69) is 35.2 Å². The van der Waals surface area contributed by atoms with Crippen molar-refractivity contribution >= 4 is 5.69 Å². The van der Waals surface area contributed by atoms with Crippen LogP contribution in [0.2, 0.25) is 0 Å². The van der Waals surface area contributed by atoms with Gasteiger partial charge in [-0.25, -0.2) is 0 Å². The van der Waals surface area contributed by atoms with Gasteiger partial charge in [0.25, 0.3) is 0 Å². The predicted octanol–water partition coefficient (Wildman–Crippen LogP) is 3.48. The van der Waals surface area contributed by atoms with Crippen LogP contribution in [0, 0.1) is 0 Å². The molecule has 0 N–H and O–H groups in total. The van der Waals surface area contributed by atoms with Gasteiger partial charge < -0.3 is 9.64 Å². The zero-order chi connectivity index (χ0) is 12.2. The Morgan fingerprint density at radius 1 is 0.889 bits per heavy atom. The number of nitrogens with zero attached hydrogens (tertiary/aromatic N) is 1. The molecule has 2 aromatic rings. The van der Waals surface area contributed by atoms with Gasteiger partial charge in [-0.15, -0.1) is 0 Å². The maximum absolute atomic E-state index is 5.94. The van der Waals surface area contributed by atoms with E-state index in [1.807, 2.05) is 24.3 Å². The number of rotatable bonds is 4. The Morgan fingerprint density at radius 2 is 1.61 bits per heavy atom. The summed E-state index contributed by atoms with van der Waals surface area (Å²) in [5.74, 6) is 0.987. The van der Waals surface area contributed by atoms with Crippen LogP contribution in [0.5, 0.6) is 5.75 Å². The Morgan fingerprint density at radius 3 is 2.33 bits per heavy atom. The summed E-state index contributed by atoms with van der Waals surface area (Å²) in [7, 11) is 0. The number of para-hydroxylation sites is 2. The molecule has 0 aliphatic carbocycles. The fourth-order valence-electron chi connectivity index (χ4n) is 2.13. The van der Waals surface area contributed by atoms with Crippen molar-refractivity contribution in [2.75, 3.05) is 18.0 Å². The van der Waals surface area contributed by atoms with Crippen molar-refractivity contribution in [3.8, 4) is 5.75 Å². The van der Waals surface area contributed by atoms with Crippen LogP contribution in [0.1, 0.15) is 12.0 Å². The minimum absolute atomic E-state index is 0.631. The lowest BCUT2D eigenvalue weighted by atomic mass is 10.1. The highest BCUT2D eigenvalue weighted by Crippen LogP contribution is 2.31. The molecule has 18 heavy (non-hydrogen) atoms. The highest BCUT2D eigenvalue weighted by molar-refractivity contribution is 5.59. The smallest absolute Gasteiger partial charge is 0.143 e. The lowest BCUT2D eigenvalue weighted by molar-refractivity contribution is 0.305. The first-order valence-corrected chi connectivity index (χ1v) is 6.44. The van der Waals surface area contributed by atoms with Crippen LogP contribution >= 0.6 is 0 Å². The Kier molecular flexibility index (Phi) is 3.18. The standard InChI is InChI=1S/C16H17NO/c1-2-7-14(8-3-1)13-18-16-10-5-4-9-15(16)17-11-6-12-17/h1-5,7-10H,6,11-13H2. The third kappa shape index (κ3) is 2.33. The summed E-state index contributed by atoms with van der Waals surface area (Å²) >= 11 is 0. The first kappa shape index (κ1) is 11.1. The predicted molar refractivity (Wildman–Crippen MR) is 74.0 cm³/mol. The summed E-state index contributed by atoms with van der Waals surface area (Å²) in [5, 5.41) is 0. The molecule has 0 amide bonds. The zero-order valence-electron chi connectivity index (χ0n) is 10.4. The summed E-state index contributed by atoms with van der Waals surface area (Å²) in [6, 6.07) is 18.6. The molecule has 2 heteroatoms. The van der Waals surface area contributed by atoms with Gasteiger partial charge in [-0.1, -0.05) is 42.5 Å². The molecule has 0 atom stereocenters. The Labute approximate surface area is 108 Å². The first-order valence-electron chi connectivity index (χ1n) is 6.44. The van der Waals surface area contributed by atoms with Crippen LogP contribution in [0.25, 0.3) is 0 Å². The van der Waals surface area contributed by atoms with Crippen molar-refractivity contribution in [1.29, 1.82) is 0 Å². The highest BCUT2D eigenvalue weighted by atomic mass is 16.5. The molecule has 92 valence electrons. The van der Waals surface area contributed by atoms with Crippen LogP contribution in [0.4, 0.5) is 5.69 Å². The van der Waals surface area contributed by atoms with Gasteiger partial charge in [0.2, 0.25) is 0 Å². The third-order valence-corrected chi connectivity index (χ3v) is 3.30. The first-order chi connectivity index (χ1) is 8.93. The average molecular weight is 239 g/mol. The minimum atomic E-state index is 0.631. The summed E-state index contributed by atoms with van der Waals surface area (Å²) in [6.07, 6.45) is 1.28. The molecule has 1 aliphatic rings. The number of hydrogen-bond acceptors (Lipinski definition) is 2. The fourth-order valence-corrected chi connectivity index (χ4v) is 2.13. The molecule has 0 bridgehead atoms. The summed E-state index contributed by atoms with van der Waals surface area (Å²) in [6.45, 7) is 2.92. The Balaban J connectivity index is 1.72. The van der Waals surface area contributed by atoms with E-state index < -0.39 is 0 Å². The van der Waals surface area contributed by atoms with E-state index in [-0.39, 0.29) is 0 Å². The van der Waals surface area contributed by atoms with Gasteiger partial charge in [0, 0.05) is 13.1 Å². The largest absolute Gasteiger partial charge is 0.487 e. The van der Waals surface area contributed by atoms with E-state index in [9.17, 15) is 0 Å². The summed E-state index contributed by atoms with van der Waals surface area (Å²) < 4.78 is 5.94. The molecule has 0 radical (unpaired) electrons. The number of anilines is 1. The summed E-state index contributed by atoms with van der Waals surface area (Å²) in [4.78, 5) is 2.36. The number of benzene rings is 2. The monoisotopic (exact) mass is 239 g/mol. The van der Waals surface area contributed by atoms with Crippen LogP contribution in [-0.2, 0) is 6.61 Å². The number of hydrogen-bond donors (Lipinski definition) is 0. The van der Waals surface area contributed by atoms with E-state index >= 15 is 0 Å². The second kappa shape index (κ2) is 5.13. The van der Waals surface area contributed by atoms with Crippen molar-refractivity contribution in [2.24, 2.45) is 0 Å². The van der Waals surface area contributed by atoms with Gasteiger partial charge in [-0.05, 0) is 24.1 Å². The molecule has 3 rings (SSSR count). The lowest BCUT2D eigenvalue weighted by Crippen LogP contribution is -2.37. The van der Waals surface area contributed by atoms with Crippen LogP contribution < -0.4 is 9.64 Å².